The molecular formula is C16H28N2O2. The minimum atomic E-state index is -0.340. The number of carbonyl (C=O) groups excluding carboxylic acids is 2. The maximum Gasteiger partial charge on any atom is 0.250 e. The fourth-order valence-electron chi connectivity index (χ4n) is 3.50. The van der Waals surface area contributed by atoms with E-state index in [9.17, 15) is 9.59 Å². The fraction of sp³-hybridized carbons (Fsp3) is 0.875. The summed E-state index contributed by atoms with van der Waals surface area (Å²) in [7, 11) is 0. The predicted octanol–water partition coefficient (Wildman–Crippen LogP) is 3.12. The summed E-state index contributed by atoms with van der Waals surface area (Å²) in [6.45, 7) is 5.93. The molecule has 0 radical (unpaired) electrons. The normalized spacial score (nSPS) is 21.6. The quantitative estimate of drug-likeness (QED) is 0.673. The smallest absolute Gasteiger partial charge is 0.250 e. The first kappa shape index (κ1) is 15.5. The lowest BCUT2D eigenvalue weighted by Crippen LogP contribution is -2.48. The number of amides is 2. The lowest BCUT2D eigenvalue weighted by atomic mass is 9.85. The zero-order valence-corrected chi connectivity index (χ0v) is 13.0. The minimum Gasteiger partial charge on any atom is -0.273 e. The van der Waals surface area contributed by atoms with Crippen molar-refractivity contribution in [1.29, 1.82) is 0 Å². The number of carbonyl (C=O) groups is 2. The first-order valence-corrected chi connectivity index (χ1v) is 8.27. The molecule has 4 nitrogen and oxygen atoms in total. The van der Waals surface area contributed by atoms with Crippen molar-refractivity contribution in [3.8, 4) is 0 Å². The van der Waals surface area contributed by atoms with E-state index in [1.54, 1.807) is 0 Å². The number of unbranched alkanes of at least 4 members (excludes halogenated alkanes) is 2. The molecule has 1 heterocycles. The van der Waals surface area contributed by atoms with Gasteiger partial charge in [-0.15, -0.1) is 0 Å². The minimum absolute atomic E-state index is 0.0316. The van der Waals surface area contributed by atoms with E-state index >= 15 is 0 Å². The number of hydrazine groups is 1. The van der Waals surface area contributed by atoms with E-state index in [4.69, 9.17) is 0 Å². The molecule has 20 heavy (non-hydrogen) atoms. The van der Waals surface area contributed by atoms with Crippen LogP contribution in [0.5, 0.6) is 0 Å². The molecule has 2 aliphatic rings. The molecular weight excluding hydrogens is 252 g/mol. The zero-order chi connectivity index (χ0) is 14.6. The molecule has 0 aromatic rings. The topological polar surface area (TPSA) is 40.6 Å². The Morgan fingerprint density at radius 1 is 1.05 bits per heavy atom. The summed E-state index contributed by atoms with van der Waals surface area (Å²) in [6, 6.07) is 0. The van der Waals surface area contributed by atoms with E-state index in [0.29, 0.717) is 6.42 Å². The van der Waals surface area contributed by atoms with Crippen molar-refractivity contribution in [2.45, 2.75) is 71.6 Å². The van der Waals surface area contributed by atoms with Crippen LogP contribution in [0.25, 0.3) is 0 Å². The standard InChI is InChI=1S/C16H28N2O2/c1-3-5-11-17(12-6-4-2)18-14(19)13-16(15(18)20)9-7-8-10-16/h3-13H2,1-2H3. The van der Waals surface area contributed by atoms with E-state index in [1.807, 2.05) is 5.01 Å². The highest BCUT2D eigenvalue weighted by Gasteiger charge is 2.54. The monoisotopic (exact) mass is 280 g/mol. The Labute approximate surface area is 122 Å². The van der Waals surface area contributed by atoms with Gasteiger partial charge in [0.05, 0.1) is 5.41 Å². The van der Waals surface area contributed by atoms with Crippen LogP contribution < -0.4 is 0 Å². The van der Waals surface area contributed by atoms with Gasteiger partial charge in [-0.1, -0.05) is 39.5 Å². The van der Waals surface area contributed by atoms with Crippen LogP contribution in [0.15, 0.2) is 0 Å². The van der Waals surface area contributed by atoms with Gasteiger partial charge in [-0.3, -0.25) is 9.59 Å². The summed E-state index contributed by atoms with van der Waals surface area (Å²) in [5.74, 6) is 0.122. The van der Waals surface area contributed by atoms with Gasteiger partial charge in [0, 0.05) is 19.5 Å². The van der Waals surface area contributed by atoms with Crippen LogP contribution in [0, 0.1) is 5.41 Å². The van der Waals surface area contributed by atoms with E-state index in [0.717, 1.165) is 64.5 Å². The Morgan fingerprint density at radius 2 is 1.60 bits per heavy atom. The Morgan fingerprint density at radius 3 is 2.10 bits per heavy atom. The third-order valence-corrected chi connectivity index (χ3v) is 4.75. The third-order valence-electron chi connectivity index (χ3n) is 4.75. The van der Waals surface area contributed by atoms with E-state index in [-0.39, 0.29) is 17.2 Å². The lowest BCUT2D eigenvalue weighted by molar-refractivity contribution is -0.160. The van der Waals surface area contributed by atoms with Gasteiger partial charge < -0.3 is 0 Å². The van der Waals surface area contributed by atoms with E-state index in [1.165, 1.54) is 5.01 Å². The van der Waals surface area contributed by atoms with Crippen molar-refractivity contribution >= 4 is 11.8 Å². The number of hydrogen-bond donors (Lipinski definition) is 0. The Balaban J connectivity index is 2.10. The Hall–Kier alpha value is -0.900. The van der Waals surface area contributed by atoms with Crippen LogP contribution in [0.4, 0.5) is 0 Å². The number of hydrogen-bond acceptors (Lipinski definition) is 3. The van der Waals surface area contributed by atoms with Gasteiger partial charge in [-0.05, 0) is 25.7 Å². The molecule has 1 aliphatic heterocycles. The second-order valence-corrected chi connectivity index (χ2v) is 6.34. The number of imide groups is 1. The molecule has 0 aromatic heterocycles. The van der Waals surface area contributed by atoms with Crippen molar-refractivity contribution in [3.63, 3.8) is 0 Å². The highest BCUT2D eigenvalue weighted by Crippen LogP contribution is 2.47. The molecule has 1 spiro atoms. The summed E-state index contributed by atoms with van der Waals surface area (Å²) in [5, 5.41) is 3.53. The average molecular weight is 280 g/mol. The van der Waals surface area contributed by atoms with Crippen LogP contribution in [-0.2, 0) is 9.59 Å². The van der Waals surface area contributed by atoms with Gasteiger partial charge in [0.15, 0.2) is 0 Å². The first-order valence-electron chi connectivity index (χ1n) is 8.27. The van der Waals surface area contributed by atoms with Gasteiger partial charge in [0.25, 0.3) is 5.91 Å². The Bertz CT molecular complexity index is 353. The highest BCUT2D eigenvalue weighted by molar-refractivity contribution is 6.05. The Kier molecular flexibility index (Phi) is 5.19. The van der Waals surface area contributed by atoms with Crippen molar-refractivity contribution in [2.24, 2.45) is 5.41 Å². The summed E-state index contributed by atoms with van der Waals surface area (Å²) in [6.07, 6.45) is 8.69. The molecule has 1 saturated carbocycles. The molecule has 0 unspecified atom stereocenters. The van der Waals surface area contributed by atoms with Gasteiger partial charge in [-0.25, -0.2) is 10.0 Å². The molecule has 0 aromatic carbocycles. The lowest BCUT2D eigenvalue weighted by Gasteiger charge is -2.31. The van der Waals surface area contributed by atoms with Crippen LogP contribution >= 0.6 is 0 Å². The van der Waals surface area contributed by atoms with E-state index in [2.05, 4.69) is 13.8 Å². The molecule has 4 heteroatoms. The maximum atomic E-state index is 12.8. The highest BCUT2D eigenvalue weighted by atomic mass is 16.2. The fourth-order valence-corrected chi connectivity index (χ4v) is 3.50. The SMILES string of the molecule is CCCCN(CCCC)N1C(=O)CC2(CCCC2)C1=O. The maximum absolute atomic E-state index is 12.8. The summed E-state index contributed by atoms with van der Waals surface area (Å²) >= 11 is 0. The van der Waals surface area contributed by atoms with Crippen LogP contribution in [-0.4, -0.2) is 34.9 Å². The van der Waals surface area contributed by atoms with Crippen molar-refractivity contribution in [1.82, 2.24) is 10.0 Å². The second-order valence-electron chi connectivity index (χ2n) is 6.34. The van der Waals surface area contributed by atoms with Crippen molar-refractivity contribution in [3.05, 3.63) is 0 Å². The molecule has 2 rings (SSSR count). The van der Waals surface area contributed by atoms with Gasteiger partial charge in [0.2, 0.25) is 5.91 Å². The van der Waals surface area contributed by atoms with Crippen LogP contribution in [0.1, 0.15) is 71.6 Å². The van der Waals surface area contributed by atoms with Crippen molar-refractivity contribution < 1.29 is 9.59 Å². The third kappa shape index (κ3) is 2.90. The van der Waals surface area contributed by atoms with Crippen LogP contribution in [0.3, 0.4) is 0 Å². The molecule has 2 fully saturated rings. The van der Waals surface area contributed by atoms with Crippen LogP contribution in [0.2, 0.25) is 0 Å². The largest absolute Gasteiger partial charge is 0.273 e. The summed E-state index contributed by atoms with van der Waals surface area (Å²) < 4.78 is 0. The first-order chi connectivity index (χ1) is 9.64. The molecule has 0 N–H and O–H groups in total. The number of nitrogens with zero attached hydrogens (tertiary/aromatic N) is 2. The summed E-state index contributed by atoms with van der Waals surface area (Å²) in [4.78, 5) is 25.1. The molecule has 0 atom stereocenters. The van der Waals surface area contributed by atoms with Crippen molar-refractivity contribution in [2.75, 3.05) is 13.1 Å². The molecule has 1 saturated heterocycles. The molecule has 114 valence electrons. The van der Waals surface area contributed by atoms with E-state index < -0.39 is 0 Å². The number of rotatable bonds is 7. The van der Waals surface area contributed by atoms with Gasteiger partial charge >= 0.3 is 0 Å². The zero-order valence-electron chi connectivity index (χ0n) is 13.0. The molecule has 2 amide bonds. The average Bonchev–Trinajstić information content (AvgIpc) is 2.99. The predicted molar refractivity (Wildman–Crippen MR) is 78.8 cm³/mol. The second kappa shape index (κ2) is 6.70. The van der Waals surface area contributed by atoms with Gasteiger partial charge in [0.1, 0.15) is 0 Å². The molecule has 1 aliphatic carbocycles. The van der Waals surface area contributed by atoms with Gasteiger partial charge in [-0.2, -0.15) is 0 Å². The molecule has 0 bridgehead atoms. The summed E-state index contributed by atoms with van der Waals surface area (Å²) in [5.41, 5.74) is -0.340.